The Hall–Kier alpha value is -4.01. The maximum atomic E-state index is 13.1. The molecule has 1 heterocycles. The van der Waals surface area contributed by atoms with Crippen molar-refractivity contribution in [2.24, 2.45) is 0 Å². The maximum Gasteiger partial charge on any atom is 0.342 e. The second-order valence-corrected chi connectivity index (χ2v) is 10.1. The van der Waals surface area contributed by atoms with E-state index in [0.29, 0.717) is 38.3 Å². The Morgan fingerprint density at radius 3 is 2.54 bits per heavy atom. The zero-order valence-electron chi connectivity index (χ0n) is 21.1. The van der Waals surface area contributed by atoms with Crippen LogP contribution in [0.4, 0.5) is 10.5 Å². The molecule has 0 saturated heterocycles. The number of nitrogens with one attached hydrogen (secondary N) is 2. The molecule has 0 atom stereocenters. The molecule has 0 aliphatic heterocycles. The second-order valence-electron chi connectivity index (χ2n) is 9.29. The van der Waals surface area contributed by atoms with E-state index in [1.165, 1.54) is 17.9 Å². The lowest BCUT2D eigenvalue weighted by atomic mass is 9.82. The summed E-state index contributed by atoms with van der Waals surface area (Å²) in [5.74, 6) is 0.217. The van der Waals surface area contributed by atoms with Crippen LogP contribution in [0.3, 0.4) is 0 Å². The third-order valence-electron chi connectivity index (χ3n) is 6.76. The van der Waals surface area contributed by atoms with Crippen LogP contribution in [-0.4, -0.2) is 33.9 Å². The molecule has 0 bridgehead atoms. The lowest BCUT2D eigenvalue weighted by Crippen LogP contribution is -2.31. The summed E-state index contributed by atoms with van der Waals surface area (Å²) >= 11 is 12.1. The third kappa shape index (κ3) is 5.72. The number of carbonyl (C=O) groups excluding carboxylic acids is 2. The molecule has 5 rings (SSSR count). The fourth-order valence-corrected chi connectivity index (χ4v) is 4.76. The largest absolute Gasteiger partial charge is 0.507 e. The molecule has 0 spiro atoms. The van der Waals surface area contributed by atoms with Gasteiger partial charge in [-0.2, -0.15) is 9.78 Å². The van der Waals surface area contributed by atoms with Crippen molar-refractivity contribution in [1.29, 1.82) is 0 Å². The number of aromatic hydroxyl groups is 1. The Labute approximate surface area is 235 Å². The van der Waals surface area contributed by atoms with Gasteiger partial charge in [-0.25, -0.2) is 4.79 Å². The SMILES string of the molecule is COc1ccccc1C(=O)Nc1ccc(-c2cc(C3CCC3)n(C(=O)NCc3ccc(Cl)c(Cl)c3)n2)c(O)c1. The molecule has 3 aromatic carbocycles. The number of amides is 2. The summed E-state index contributed by atoms with van der Waals surface area (Å²) in [5, 5.41) is 21.9. The van der Waals surface area contributed by atoms with Gasteiger partial charge in [0.2, 0.25) is 0 Å². The van der Waals surface area contributed by atoms with Gasteiger partial charge in [0.15, 0.2) is 0 Å². The first-order chi connectivity index (χ1) is 18.8. The Morgan fingerprint density at radius 1 is 1.05 bits per heavy atom. The standard InChI is InChI=1S/C29H26Cl2N4O4/c1-39-27-8-3-2-7-21(27)28(37)33-19-10-11-20(26(36)14-19)24-15-25(18-5-4-6-18)35(34-24)29(38)32-16-17-9-12-22(30)23(31)13-17/h2-3,7-15,18,36H,4-6,16H2,1H3,(H,32,38)(H,33,37). The molecule has 200 valence electrons. The predicted molar refractivity (Wildman–Crippen MR) is 151 cm³/mol. The van der Waals surface area contributed by atoms with Gasteiger partial charge in [-0.3, -0.25) is 4.79 Å². The van der Waals surface area contributed by atoms with E-state index in [4.69, 9.17) is 27.9 Å². The van der Waals surface area contributed by atoms with Crippen LogP contribution >= 0.6 is 23.2 Å². The fraction of sp³-hybridized carbons (Fsp3) is 0.207. The van der Waals surface area contributed by atoms with Crippen LogP contribution in [0.2, 0.25) is 10.0 Å². The highest BCUT2D eigenvalue weighted by atomic mass is 35.5. The number of para-hydroxylation sites is 1. The van der Waals surface area contributed by atoms with E-state index < -0.39 is 0 Å². The first kappa shape index (κ1) is 26.6. The molecule has 1 fully saturated rings. The van der Waals surface area contributed by atoms with Crippen LogP contribution in [0.25, 0.3) is 11.3 Å². The van der Waals surface area contributed by atoms with Gasteiger partial charge in [0.25, 0.3) is 5.91 Å². The third-order valence-corrected chi connectivity index (χ3v) is 7.50. The minimum Gasteiger partial charge on any atom is -0.507 e. The Bertz CT molecular complexity index is 1550. The van der Waals surface area contributed by atoms with Crippen LogP contribution in [0.15, 0.2) is 66.7 Å². The average molecular weight is 565 g/mol. The van der Waals surface area contributed by atoms with E-state index in [1.807, 2.05) is 6.07 Å². The van der Waals surface area contributed by atoms with Crippen molar-refractivity contribution in [2.75, 3.05) is 12.4 Å². The van der Waals surface area contributed by atoms with Crippen LogP contribution in [0.1, 0.15) is 46.8 Å². The number of aromatic nitrogens is 2. The number of phenolic OH excluding ortho intramolecular Hbond substituents is 1. The molecule has 3 N–H and O–H groups in total. The first-order valence-corrected chi connectivity index (χ1v) is 13.2. The highest BCUT2D eigenvalue weighted by molar-refractivity contribution is 6.42. The van der Waals surface area contributed by atoms with Crippen LogP contribution < -0.4 is 15.4 Å². The lowest BCUT2D eigenvalue weighted by molar-refractivity contribution is 0.102. The van der Waals surface area contributed by atoms with Gasteiger partial charge in [0.05, 0.1) is 34.1 Å². The molecule has 0 unspecified atom stereocenters. The van der Waals surface area contributed by atoms with E-state index in [1.54, 1.807) is 54.6 Å². The van der Waals surface area contributed by atoms with Crippen molar-refractivity contribution in [3.8, 4) is 22.8 Å². The first-order valence-electron chi connectivity index (χ1n) is 12.4. The van der Waals surface area contributed by atoms with E-state index >= 15 is 0 Å². The number of methoxy groups -OCH3 is 1. The molecular weight excluding hydrogens is 539 g/mol. The minimum absolute atomic E-state index is 0.0751. The van der Waals surface area contributed by atoms with Gasteiger partial charge in [0.1, 0.15) is 11.5 Å². The predicted octanol–water partition coefficient (Wildman–Crippen LogP) is 6.85. The van der Waals surface area contributed by atoms with Gasteiger partial charge in [-0.05, 0) is 60.9 Å². The smallest absolute Gasteiger partial charge is 0.342 e. The van der Waals surface area contributed by atoms with Crippen molar-refractivity contribution in [3.63, 3.8) is 0 Å². The minimum atomic E-state index is -0.380. The van der Waals surface area contributed by atoms with Gasteiger partial charge in [-0.1, -0.05) is 47.8 Å². The Kier molecular flexibility index (Phi) is 7.77. The van der Waals surface area contributed by atoms with Gasteiger partial charge >= 0.3 is 6.03 Å². The number of anilines is 1. The van der Waals surface area contributed by atoms with Crippen LogP contribution in [0.5, 0.6) is 11.5 Å². The number of nitrogens with zero attached hydrogens (tertiary/aromatic N) is 2. The van der Waals surface area contributed by atoms with Crippen molar-refractivity contribution >= 4 is 40.8 Å². The monoisotopic (exact) mass is 564 g/mol. The van der Waals surface area contributed by atoms with E-state index in [2.05, 4.69) is 15.7 Å². The fourth-order valence-electron chi connectivity index (χ4n) is 4.44. The summed E-state index contributed by atoms with van der Waals surface area (Å²) in [4.78, 5) is 25.9. The highest BCUT2D eigenvalue weighted by Crippen LogP contribution is 2.39. The maximum absolute atomic E-state index is 13.1. The molecule has 8 nitrogen and oxygen atoms in total. The lowest BCUT2D eigenvalue weighted by Gasteiger charge is -2.25. The summed E-state index contributed by atoms with van der Waals surface area (Å²) in [6.45, 7) is 0.251. The topological polar surface area (TPSA) is 105 Å². The number of hydrogen-bond acceptors (Lipinski definition) is 5. The Balaban J connectivity index is 1.36. The summed E-state index contributed by atoms with van der Waals surface area (Å²) in [5.41, 5.74) is 3.28. The summed E-state index contributed by atoms with van der Waals surface area (Å²) < 4.78 is 6.63. The Morgan fingerprint density at radius 2 is 1.85 bits per heavy atom. The molecule has 39 heavy (non-hydrogen) atoms. The molecule has 1 aliphatic carbocycles. The molecule has 0 radical (unpaired) electrons. The normalized spacial score (nSPS) is 13.0. The molecule has 4 aromatic rings. The quantitative estimate of drug-likeness (QED) is 0.227. The number of rotatable bonds is 7. The van der Waals surface area contributed by atoms with Crippen molar-refractivity contribution in [2.45, 2.75) is 31.7 Å². The highest BCUT2D eigenvalue weighted by Gasteiger charge is 2.27. The van der Waals surface area contributed by atoms with E-state index in [-0.39, 0.29) is 30.2 Å². The number of hydrogen-bond donors (Lipinski definition) is 3. The second kappa shape index (κ2) is 11.4. The van der Waals surface area contributed by atoms with E-state index in [0.717, 1.165) is 30.5 Å². The molecule has 1 aliphatic rings. The number of phenols is 1. The number of halogens is 2. The molecule has 2 amide bonds. The number of ether oxygens (including phenoxy) is 1. The van der Waals surface area contributed by atoms with Crippen LogP contribution in [-0.2, 0) is 6.54 Å². The summed E-state index contributed by atoms with van der Waals surface area (Å²) in [6, 6.07) is 18.3. The van der Waals surface area contributed by atoms with Crippen molar-refractivity contribution in [1.82, 2.24) is 15.1 Å². The molecule has 10 heteroatoms. The zero-order chi connectivity index (χ0) is 27.5. The average Bonchev–Trinajstić information content (AvgIpc) is 3.32. The molecular formula is C29H26Cl2N4O4. The summed E-state index contributed by atoms with van der Waals surface area (Å²) in [6.07, 6.45) is 3.01. The molecule has 1 aromatic heterocycles. The van der Waals surface area contributed by atoms with Crippen molar-refractivity contribution in [3.05, 3.63) is 93.6 Å². The van der Waals surface area contributed by atoms with Crippen molar-refractivity contribution < 1.29 is 19.4 Å². The van der Waals surface area contributed by atoms with Gasteiger partial charge < -0.3 is 20.5 Å². The number of carbonyl (C=O) groups is 2. The zero-order valence-corrected chi connectivity index (χ0v) is 22.6. The number of benzene rings is 3. The van der Waals surface area contributed by atoms with Crippen LogP contribution in [0, 0.1) is 0 Å². The van der Waals surface area contributed by atoms with Gasteiger partial charge in [0, 0.05) is 29.8 Å². The summed E-state index contributed by atoms with van der Waals surface area (Å²) in [7, 11) is 1.50. The van der Waals surface area contributed by atoms with Gasteiger partial charge in [-0.15, -0.1) is 0 Å². The molecule has 1 saturated carbocycles. The van der Waals surface area contributed by atoms with E-state index in [9.17, 15) is 14.7 Å².